The van der Waals surface area contributed by atoms with Gasteiger partial charge >= 0.3 is 16.1 Å². The van der Waals surface area contributed by atoms with Gasteiger partial charge in [-0.1, -0.05) is 0 Å². The molecule has 0 saturated carbocycles. The largest absolute Gasteiger partial charge is 0.695 e. The average Bonchev–Trinajstić information content (AvgIpc) is 3.73. The molecule has 0 aromatic carbocycles. The summed E-state index contributed by atoms with van der Waals surface area (Å²) < 4.78 is 54.0. The van der Waals surface area contributed by atoms with Crippen LogP contribution >= 0.6 is 16.1 Å². The number of ether oxygens (including phenoxy) is 2. The molecule has 4 aromatic heterocycles. The zero-order chi connectivity index (χ0) is 32.2. The number of anilines is 2. The number of H-pyrrole nitrogens is 1. The molecule has 242 valence electrons. The summed E-state index contributed by atoms with van der Waals surface area (Å²) in [4.78, 5) is 50.5. The van der Waals surface area contributed by atoms with E-state index < -0.39 is 83.9 Å². The molecule has 0 bridgehead atoms. The summed E-state index contributed by atoms with van der Waals surface area (Å²) in [5.41, 5.74) is 10.8. The zero-order valence-electron chi connectivity index (χ0n) is 22.6. The molecule has 0 spiro atoms. The Labute approximate surface area is 250 Å². The number of aliphatic hydroxyl groups excluding tert-OH is 3. The zero-order valence-corrected chi connectivity index (χ0v) is 24.4. The number of phosphoric acid groups is 1. The predicted octanol–water partition coefficient (Wildman–Crippen LogP) is -2.23. The van der Waals surface area contributed by atoms with Crippen molar-refractivity contribution in [2.45, 2.75) is 49.1 Å². The topological polar surface area (TPSA) is 328 Å². The highest BCUT2D eigenvalue weighted by molar-refractivity contribution is 7.47. The summed E-state index contributed by atoms with van der Waals surface area (Å²) >= 11 is 0. The maximum Gasteiger partial charge on any atom is 0.695 e. The molecule has 0 amide bonds. The molecule has 24 heteroatoms. The van der Waals surface area contributed by atoms with E-state index in [-0.39, 0.29) is 28.6 Å². The summed E-state index contributed by atoms with van der Waals surface area (Å²) in [5, 5.41) is 31.8. The lowest BCUT2D eigenvalue weighted by molar-refractivity contribution is -0.0607. The van der Waals surface area contributed by atoms with Crippen molar-refractivity contribution >= 4 is 50.0 Å². The highest BCUT2D eigenvalue weighted by Gasteiger charge is 2.53. The maximum absolute atomic E-state index is 13.2. The van der Waals surface area contributed by atoms with E-state index in [9.17, 15) is 39.0 Å². The van der Waals surface area contributed by atoms with E-state index in [2.05, 4.69) is 24.9 Å². The summed E-state index contributed by atoms with van der Waals surface area (Å²) in [6.45, 7) is -1.56. The fraction of sp³-hybridized carbons (Fsp3) is 0.476. The summed E-state index contributed by atoms with van der Waals surface area (Å²) in [6.07, 6.45) is -8.25. The van der Waals surface area contributed by atoms with E-state index in [0.717, 1.165) is 10.9 Å². The molecule has 0 aliphatic carbocycles. The number of phosphoric ester groups is 1. The standard InChI is InChI=1S/C21H25N9O13P2/c22-15-7-1-2-29(16(7)25-5-24-15)19-12(33)13(42-44(35)36)9(41-19)4-39-45(37,38)43-14-11(32)8(3-31)40-20(14)30-6-26-10-17(30)27-21(23)28-18(10)34/h1-2,5-6,8-9,11-14,19-20,31-33H,3-4H2,(H6-,22,23,24,25,27,28,34,35,36,37,38)/p+1/t8-,9-,11-,12-,13-,14?,19-,20-/m1/s1. The van der Waals surface area contributed by atoms with Crippen molar-refractivity contribution in [2.75, 3.05) is 24.7 Å². The van der Waals surface area contributed by atoms with Crippen LogP contribution in [0.3, 0.4) is 0 Å². The Morgan fingerprint density at radius 3 is 2.56 bits per heavy atom. The van der Waals surface area contributed by atoms with Gasteiger partial charge in [0.05, 0.1) is 24.9 Å². The minimum Gasteiger partial charge on any atom is -0.394 e. The van der Waals surface area contributed by atoms with Gasteiger partial charge in [0.1, 0.15) is 48.3 Å². The van der Waals surface area contributed by atoms with Gasteiger partial charge in [-0.2, -0.15) is 4.98 Å². The molecule has 0 radical (unpaired) electrons. The van der Waals surface area contributed by atoms with Crippen molar-refractivity contribution in [3.8, 4) is 0 Å². The van der Waals surface area contributed by atoms with E-state index in [1.807, 2.05) is 0 Å². The van der Waals surface area contributed by atoms with Crippen molar-refractivity contribution in [1.82, 2.24) is 34.1 Å². The van der Waals surface area contributed by atoms with Crippen molar-refractivity contribution in [3.05, 3.63) is 35.3 Å². The molecule has 10 atom stereocenters. The molecule has 22 nitrogen and oxygen atoms in total. The van der Waals surface area contributed by atoms with Crippen LogP contribution in [0.25, 0.3) is 22.2 Å². The highest BCUT2D eigenvalue weighted by Crippen LogP contribution is 2.50. The van der Waals surface area contributed by atoms with Crippen LogP contribution in [-0.2, 0) is 32.2 Å². The number of nitrogens with zero attached hydrogens (tertiary/aromatic N) is 6. The van der Waals surface area contributed by atoms with Gasteiger partial charge in [-0.05, 0) is 6.07 Å². The van der Waals surface area contributed by atoms with E-state index in [1.54, 1.807) is 6.07 Å². The van der Waals surface area contributed by atoms with Gasteiger partial charge in [0.15, 0.2) is 29.7 Å². The molecular weight excluding hydrogens is 648 g/mol. The predicted molar refractivity (Wildman–Crippen MR) is 147 cm³/mol. The number of nitrogens with two attached hydrogens (primary N) is 2. The van der Waals surface area contributed by atoms with Crippen molar-refractivity contribution in [1.29, 1.82) is 0 Å². The van der Waals surface area contributed by atoms with Crippen LogP contribution in [0.5, 0.6) is 0 Å². The lowest BCUT2D eigenvalue weighted by Gasteiger charge is -2.24. The molecule has 45 heavy (non-hydrogen) atoms. The molecule has 2 aliphatic heterocycles. The number of aromatic nitrogens is 7. The SMILES string of the molecule is Nc1nc2c(ncn2[C@@H]2O[C@H](CO)[C@@H](O)C2OP(=O)(O)OC[C@H]2O[C@@H](n3ccc4c(N)ncnc43)[C@H](O)[C@@H]2O[P+](=O)O)c(=O)[nH]1. The van der Waals surface area contributed by atoms with E-state index >= 15 is 0 Å². The van der Waals surface area contributed by atoms with Gasteiger partial charge in [0.2, 0.25) is 5.95 Å². The Morgan fingerprint density at radius 1 is 1.07 bits per heavy atom. The Hall–Kier alpha value is -3.50. The molecule has 2 fully saturated rings. The summed E-state index contributed by atoms with van der Waals surface area (Å²) in [6, 6.07) is 1.55. The Morgan fingerprint density at radius 2 is 1.82 bits per heavy atom. The number of aromatic amines is 1. The first-order chi connectivity index (χ1) is 21.4. The highest BCUT2D eigenvalue weighted by atomic mass is 31.2. The second-order valence-corrected chi connectivity index (χ2v) is 12.0. The number of aliphatic hydroxyl groups is 3. The summed E-state index contributed by atoms with van der Waals surface area (Å²) in [7, 11) is -8.43. The summed E-state index contributed by atoms with van der Waals surface area (Å²) in [5.74, 6) is -0.132. The normalized spacial score (nSPS) is 30.3. The van der Waals surface area contributed by atoms with Crippen LogP contribution in [0.4, 0.5) is 11.8 Å². The van der Waals surface area contributed by atoms with Crippen molar-refractivity contribution < 1.29 is 57.3 Å². The van der Waals surface area contributed by atoms with E-state index in [1.165, 1.54) is 17.1 Å². The number of hydrogen-bond acceptors (Lipinski definition) is 17. The van der Waals surface area contributed by atoms with Gasteiger partial charge in [0, 0.05) is 10.8 Å². The third-order valence-corrected chi connectivity index (χ3v) is 8.62. The van der Waals surface area contributed by atoms with Gasteiger partial charge in [-0.3, -0.25) is 23.4 Å². The first-order valence-electron chi connectivity index (χ1n) is 12.9. The minimum atomic E-state index is -5.16. The van der Waals surface area contributed by atoms with Gasteiger partial charge < -0.3 is 45.7 Å². The number of rotatable bonds is 10. The van der Waals surface area contributed by atoms with Crippen LogP contribution in [0.15, 0.2) is 29.7 Å². The second-order valence-electron chi connectivity index (χ2n) is 9.93. The van der Waals surface area contributed by atoms with Crippen LogP contribution in [0, 0.1) is 0 Å². The van der Waals surface area contributed by atoms with Gasteiger partial charge in [-0.25, -0.2) is 19.5 Å². The lowest BCUT2D eigenvalue weighted by atomic mass is 10.1. The Balaban J connectivity index is 1.22. The van der Waals surface area contributed by atoms with E-state index in [4.69, 9.17) is 34.5 Å². The second kappa shape index (κ2) is 12.0. The first-order valence-corrected chi connectivity index (χ1v) is 15.6. The first kappa shape index (κ1) is 31.5. The van der Waals surface area contributed by atoms with Gasteiger partial charge in [0.25, 0.3) is 5.56 Å². The van der Waals surface area contributed by atoms with Gasteiger partial charge in [-0.15, -0.1) is 9.42 Å². The van der Waals surface area contributed by atoms with Crippen LogP contribution < -0.4 is 17.0 Å². The number of imidazole rings is 1. The fourth-order valence-corrected chi connectivity index (χ4v) is 6.60. The molecule has 6 rings (SSSR count). The molecule has 10 N–H and O–H groups in total. The number of nitrogen functional groups attached to an aromatic ring is 2. The Kier molecular flexibility index (Phi) is 8.41. The molecular formula is C21H26N9O13P2+. The third kappa shape index (κ3) is 5.83. The minimum absolute atomic E-state index is 0.114. The lowest BCUT2D eigenvalue weighted by Crippen LogP contribution is -2.36. The fourth-order valence-electron chi connectivity index (χ4n) is 5.20. The molecule has 2 saturated heterocycles. The Bertz CT molecular complexity index is 1850. The average molecular weight is 674 g/mol. The number of nitrogens with one attached hydrogen (secondary N) is 1. The van der Waals surface area contributed by atoms with Crippen molar-refractivity contribution in [3.63, 3.8) is 0 Å². The molecule has 3 unspecified atom stereocenters. The smallest absolute Gasteiger partial charge is 0.394 e. The van der Waals surface area contributed by atoms with E-state index in [0.29, 0.717) is 5.39 Å². The van der Waals surface area contributed by atoms with Crippen molar-refractivity contribution in [2.24, 2.45) is 0 Å². The quantitative estimate of drug-likeness (QED) is 0.0825. The monoisotopic (exact) mass is 674 g/mol. The number of hydrogen-bond donors (Lipinski definition) is 8. The third-order valence-electron chi connectivity index (χ3n) is 7.21. The van der Waals surface area contributed by atoms with Crippen LogP contribution in [0.2, 0.25) is 0 Å². The number of fused-ring (bicyclic) bond motifs is 2. The molecule has 2 aliphatic rings. The molecule has 4 aromatic rings. The maximum atomic E-state index is 13.2. The molecule has 6 heterocycles. The van der Waals surface area contributed by atoms with Crippen LogP contribution in [-0.4, -0.2) is 109 Å². The van der Waals surface area contributed by atoms with Crippen LogP contribution in [0.1, 0.15) is 12.5 Å².